The van der Waals surface area contributed by atoms with E-state index in [0.29, 0.717) is 0 Å². The second kappa shape index (κ2) is 14.2. The van der Waals surface area contributed by atoms with Gasteiger partial charge in [0, 0.05) is 58.7 Å². The number of aromatic nitrogens is 2. The first kappa shape index (κ1) is 31.1. The van der Waals surface area contributed by atoms with Crippen LogP contribution in [0.3, 0.4) is 0 Å². The highest BCUT2D eigenvalue weighted by atomic mass is 35.5. The third kappa shape index (κ3) is 8.20. The summed E-state index contributed by atoms with van der Waals surface area (Å²) >= 11 is 11.7. The molecule has 1 aliphatic heterocycles. The molecule has 0 aromatic carbocycles. The van der Waals surface area contributed by atoms with Crippen LogP contribution >= 0.6 is 23.2 Å². The zero-order chi connectivity index (χ0) is 28.6. The Kier molecular flexibility index (Phi) is 11.6. The lowest BCUT2D eigenvalue weighted by molar-refractivity contribution is -0.269. The summed E-state index contributed by atoms with van der Waals surface area (Å²) in [5.74, 6) is -2.90. The maximum Gasteiger partial charge on any atom is 0.330 e. The van der Waals surface area contributed by atoms with Gasteiger partial charge in [-0.05, 0) is 0 Å². The molecular weight excluding hydrogens is 553 g/mol. The number of nitrogens with zero attached hydrogens (tertiary/aromatic N) is 2. The van der Waals surface area contributed by atoms with Gasteiger partial charge in [0.15, 0.2) is 24.5 Å². The van der Waals surface area contributed by atoms with E-state index in [-0.39, 0.29) is 30.5 Å². The quantitative estimate of drug-likeness (QED) is 0.212. The topological polar surface area (TPSA) is 173 Å². The van der Waals surface area contributed by atoms with Crippen LogP contribution in [0.25, 0.3) is 0 Å². The van der Waals surface area contributed by atoms with Gasteiger partial charge in [-0.1, -0.05) is 0 Å². The minimum absolute atomic E-state index is 0.00115. The molecule has 1 aromatic rings. The number of aromatic amines is 1. The van der Waals surface area contributed by atoms with E-state index < -0.39 is 72.4 Å². The molecule has 212 valence electrons. The Labute approximate surface area is 227 Å². The van der Waals surface area contributed by atoms with Gasteiger partial charge in [-0.3, -0.25) is 33.5 Å². The van der Waals surface area contributed by atoms with Crippen LogP contribution in [0.2, 0.25) is 0 Å². The standard InChI is InChI=1S/C22H29Cl2N3O11/c1-11(28)34-10-16-17(35-12(2)29)18(36-13(3)30)19(37-14(4)31)21(38-16)27-9-15(20(32)25-22(27)33)26(7-5-23)8-6-24/h9,16-19,21H,5-8,10H2,1-4H3,(H,25,32,33). The van der Waals surface area contributed by atoms with Crippen molar-refractivity contribution in [2.45, 2.75) is 58.3 Å². The van der Waals surface area contributed by atoms with E-state index >= 15 is 0 Å². The lowest BCUT2D eigenvalue weighted by atomic mass is 9.97. The molecule has 1 fully saturated rings. The number of hydrogen-bond donors (Lipinski definition) is 1. The minimum Gasteiger partial charge on any atom is -0.463 e. The second-order valence-electron chi connectivity index (χ2n) is 8.14. The van der Waals surface area contributed by atoms with Crippen LogP contribution < -0.4 is 16.1 Å². The molecule has 38 heavy (non-hydrogen) atoms. The SMILES string of the molecule is CC(=O)OCC1OC(n2cc(N(CCCl)CCCl)c(=O)[nH]c2=O)C(OC(C)=O)C(OC(C)=O)C1OC(C)=O. The summed E-state index contributed by atoms with van der Waals surface area (Å²) in [4.78, 5) is 76.8. The minimum atomic E-state index is -1.54. The number of rotatable bonds is 11. The Morgan fingerprint density at radius 2 is 1.42 bits per heavy atom. The highest BCUT2D eigenvalue weighted by Crippen LogP contribution is 2.34. The number of hydrogen-bond acceptors (Lipinski definition) is 12. The van der Waals surface area contributed by atoms with Gasteiger partial charge < -0.3 is 28.6 Å². The molecule has 1 aromatic heterocycles. The normalized spacial score (nSPS) is 22.7. The molecule has 0 aliphatic carbocycles. The predicted octanol–water partition coefficient (Wildman–Crippen LogP) is 0.0762. The first-order chi connectivity index (χ1) is 17.9. The average Bonchev–Trinajstić information content (AvgIpc) is 2.80. The summed E-state index contributed by atoms with van der Waals surface area (Å²) in [6, 6.07) is 0. The van der Waals surface area contributed by atoms with E-state index in [4.69, 9.17) is 46.9 Å². The molecule has 14 nitrogen and oxygen atoms in total. The van der Waals surface area contributed by atoms with Gasteiger partial charge in [0.1, 0.15) is 18.4 Å². The third-order valence-electron chi connectivity index (χ3n) is 5.24. The van der Waals surface area contributed by atoms with Crippen LogP contribution in [0.1, 0.15) is 33.9 Å². The summed E-state index contributed by atoms with van der Waals surface area (Å²) in [6.07, 6.45) is -6.11. The smallest absolute Gasteiger partial charge is 0.330 e. The number of carbonyl (C=O) groups is 4. The van der Waals surface area contributed by atoms with Gasteiger partial charge in [0.05, 0.1) is 0 Å². The van der Waals surface area contributed by atoms with Crippen molar-refractivity contribution in [3.8, 4) is 0 Å². The van der Waals surface area contributed by atoms with Crippen molar-refractivity contribution < 1.29 is 42.9 Å². The summed E-state index contributed by atoms with van der Waals surface area (Å²) in [7, 11) is 0. The van der Waals surface area contributed by atoms with Gasteiger partial charge in [0.2, 0.25) is 0 Å². The average molecular weight is 582 g/mol. The third-order valence-corrected chi connectivity index (χ3v) is 5.58. The van der Waals surface area contributed by atoms with Crippen molar-refractivity contribution in [2.24, 2.45) is 0 Å². The Hall–Kier alpha value is -3.10. The molecule has 0 bridgehead atoms. The molecule has 5 unspecified atom stereocenters. The van der Waals surface area contributed by atoms with E-state index in [1.165, 1.54) is 4.90 Å². The molecule has 5 atom stereocenters. The molecule has 0 radical (unpaired) electrons. The van der Waals surface area contributed by atoms with E-state index in [1.54, 1.807) is 0 Å². The van der Waals surface area contributed by atoms with E-state index in [9.17, 15) is 28.8 Å². The highest BCUT2D eigenvalue weighted by molar-refractivity contribution is 6.18. The van der Waals surface area contributed by atoms with Crippen molar-refractivity contribution in [3.05, 3.63) is 27.0 Å². The van der Waals surface area contributed by atoms with Crippen LogP contribution in [0.15, 0.2) is 15.8 Å². The number of nitrogens with one attached hydrogen (secondary N) is 1. The number of carbonyl (C=O) groups excluding carboxylic acids is 4. The predicted molar refractivity (Wildman–Crippen MR) is 132 cm³/mol. The molecule has 0 amide bonds. The Bertz CT molecular complexity index is 1130. The number of ether oxygens (including phenoxy) is 5. The first-order valence-corrected chi connectivity index (χ1v) is 12.5. The van der Waals surface area contributed by atoms with Crippen molar-refractivity contribution in [3.63, 3.8) is 0 Å². The molecule has 2 heterocycles. The summed E-state index contributed by atoms with van der Waals surface area (Å²) in [6.45, 7) is 4.28. The molecule has 1 aliphatic rings. The van der Waals surface area contributed by atoms with Crippen LogP contribution in [-0.4, -0.2) is 89.3 Å². The zero-order valence-corrected chi connectivity index (χ0v) is 22.7. The molecule has 1 N–H and O–H groups in total. The maximum atomic E-state index is 13.0. The molecule has 1 saturated heterocycles. The fourth-order valence-electron chi connectivity index (χ4n) is 3.88. The molecular formula is C22H29Cl2N3O11. The lowest BCUT2D eigenvalue weighted by Gasteiger charge is -2.44. The number of anilines is 1. The van der Waals surface area contributed by atoms with Crippen molar-refractivity contribution in [1.82, 2.24) is 9.55 Å². The van der Waals surface area contributed by atoms with E-state index in [2.05, 4.69) is 4.98 Å². The lowest BCUT2D eigenvalue weighted by Crippen LogP contribution is -2.61. The van der Waals surface area contributed by atoms with Gasteiger partial charge >= 0.3 is 29.6 Å². The number of alkyl halides is 2. The van der Waals surface area contributed by atoms with Crippen molar-refractivity contribution in [1.29, 1.82) is 0 Å². The number of H-pyrrole nitrogens is 1. The monoisotopic (exact) mass is 581 g/mol. The first-order valence-electron chi connectivity index (χ1n) is 11.4. The van der Waals surface area contributed by atoms with Crippen LogP contribution in [0.4, 0.5) is 5.69 Å². The van der Waals surface area contributed by atoms with E-state index in [0.717, 1.165) is 38.5 Å². The Morgan fingerprint density at radius 1 is 0.895 bits per heavy atom. The van der Waals surface area contributed by atoms with Gasteiger partial charge in [0.25, 0.3) is 5.56 Å². The van der Waals surface area contributed by atoms with Gasteiger partial charge in [-0.2, -0.15) is 0 Å². The molecule has 0 saturated carbocycles. The fraction of sp³-hybridized carbons (Fsp3) is 0.636. The Morgan fingerprint density at radius 3 is 1.92 bits per heavy atom. The summed E-state index contributed by atoms with van der Waals surface area (Å²) in [5.41, 5.74) is -1.71. The van der Waals surface area contributed by atoms with Crippen LogP contribution in [-0.2, 0) is 42.9 Å². The molecule has 16 heteroatoms. The zero-order valence-electron chi connectivity index (χ0n) is 21.1. The fourth-order valence-corrected chi connectivity index (χ4v) is 4.28. The summed E-state index contributed by atoms with van der Waals surface area (Å²) < 4.78 is 28.0. The largest absolute Gasteiger partial charge is 0.463 e. The van der Waals surface area contributed by atoms with Gasteiger partial charge in [-0.25, -0.2) is 4.79 Å². The van der Waals surface area contributed by atoms with Crippen molar-refractivity contribution in [2.75, 3.05) is 36.4 Å². The van der Waals surface area contributed by atoms with Crippen molar-refractivity contribution >= 4 is 52.8 Å². The maximum absolute atomic E-state index is 13.0. The van der Waals surface area contributed by atoms with Crippen LogP contribution in [0.5, 0.6) is 0 Å². The molecule has 2 rings (SSSR count). The number of halogens is 2. The van der Waals surface area contributed by atoms with Crippen LogP contribution in [0, 0.1) is 0 Å². The summed E-state index contributed by atoms with van der Waals surface area (Å²) in [5, 5.41) is 0. The number of esters is 4. The molecule has 0 spiro atoms. The van der Waals surface area contributed by atoms with Gasteiger partial charge in [-0.15, -0.1) is 23.2 Å². The highest BCUT2D eigenvalue weighted by Gasteiger charge is 2.53. The second-order valence-corrected chi connectivity index (χ2v) is 8.89. The Balaban J connectivity index is 2.73. The van der Waals surface area contributed by atoms with E-state index in [1.807, 2.05) is 0 Å².